The van der Waals surface area contributed by atoms with Crippen molar-refractivity contribution in [1.29, 1.82) is 0 Å². The zero-order chi connectivity index (χ0) is 13.0. The van der Waals surface area contributed by atoms with E-state index in [-0.39, 0.29) is 5.02 Å². The number of nitrogens with zero attached hydrogens (tertiary/aromatic N) is 1. The number of halogens is 2. The first kappa shape index (κ1) is 13.9. The average molecular weight is 260 g/mol. The monoisotopic (exact) mass is 259 g/mol. The van der Waals surface area contributed by atoms with Crippen LogP contribution in [-0.2, 0) is 11.3 Å². The Labute approximate surface area is 105 Å². The van der Waals surface area contributed by atoms with Gasteiger partial charge in [-0.3, -0.25) is 9.69 Å². The van der Waals surface area contributed by atoms with E-state index in [1.165, 1.54) is 6.07 Å². The zero-order valence-electron chi connectivity index (χ0n) is 9.78. The normalized spacial score (nSPS) is 12.8. The molecule has 0 aliphatic heterocycles. The highest BCUT2D eigenvalue weighted by molar-refractivity contribution is 6.31. The first-order chi connectivity index (χ1) is 7.97. The molecular formula is C12H15ClFNO2. The standard InChI is InChI=1S/C12H15ClFNO2/c1-3-10(12(16)17)15(2)7-8-5-4-6-9(14)11(8)13/h4-6,10H,3,7H2,1-2H3,(H,16,17). The van der Waals surface area contributed by atoms with Crippen LogP contribution >= 0.6 is 11.6 Å². The summed E-state index contributed by atoms with van der Waals surface area (Å²) in [5.41, 5.74) is 0.592. The molecular weight excluding hydrogens is 245 g/mol. The lowest BCUT2D eigenvalue weighted by atomic mass is 10.1. The van der Waals surface area contributed by atoms with E-state index in [0.717, 1.165) is 0 Å². The second kappa shape index (κ2) is 5.98. The van der Waals surface area contributed by atoms with Crippen LogP contribution in [0, 0.1) is 5.82 Å². The summed E-state index contributed by atoms with van der Waals surface area (Å²) >= 11 is 5.82. The highest BCUT2D eigenvalue weighted by Gasteiger charge is 2.21. The molecule has 17 heavy (non-hydrogen) atoms. The maximum atomic E-state index is 13.2. The van der Waals surface area contributed by atoms with Gasteiger partial charge in [-0.15, -0.1) is 0 Å². The van der Waals surface area contributed by atoms with Crippen LogP contribution in [0.3, 0.4) is 0 Å². The molecule has 0 spiro atoms. The lowest BCUT2D eigenvalue weighted by Gasteiger charge is -2.23. The van der Waals surface area contributed by atoms with Crippen molar-refractivity contribution in [2.45, 2.75) is 25.9 Å². The van der Waals surface area contributed by atoms with Gasteiger partial charge in [0, 0.05) is 6.54 Å². The summed E-state index contributed by atoms with van der Waals surface area (Å²) in [5.74, 6) is -1.37. The Morgan fingerprint density at radius 3 is 2.76 bits per heavy atom. The van der Waals surface area contributed by atoms with Crippen molar-refractivity contribution >= 4 is 17.6 Å². The van der Waals surface area contributed by atoms with Gasteiger partial charge in [-0.1, -0.05) is 30.7 Å². The molecule has 0 bridgehead atoms. The molecule has 1 unspecified atom stereocenters. The number of benzene rings is 1. The minimum absolute atomic E-state index is 0.0552. The maximum Gasteiger partial charge on any atom is 0.320 e. The van der Waals surface area contributed by atoms with Crippen molar-refractivity contribution in [3.63, 3.8) is 0 Å². The summed E-state index contributed by atoms with van der Waals surface area (Å²) in [6, 6.07) is 3.94. The Morgan fingerprint density at radius 1 is 1.59 bits per heavy atom. The van der Waals surface area contributed by atoms with E-state index in [1.54, 1.807) is 31.0 Å². The molecule has 0 aliphatic carbocycles. The second-order valence-electron chi connectivity index (χ2n) is 3.89. The van der Waals surface area contributed by atoms with Gasteiger partial charge in [0.15, 0.2) is 0 Å². The van der Waals surface area contributed by atoms with Crippen LogP contribution in [0.4, 0.5) is 4.39 Å². The van der Waals surface area contributed by atoms with Gasteiger partial charge in [-0.05, 0) is 25.1 Å². The first-order valence-corrected chi connectivity index (χ1v) is 5.71. The Bertz CT molecular complexity index is 411. The summed E-state index contributed by atoms with van der Waals surface area (Å²) in [4.78, 5) is 12.6. The predicted octanol–water partition coefficient (Wildman–Crippen LogP) is 2.77. The molecule has 0 heterocycles. The lowest BCUT2D eigenvalue weighted by molar-refractivity contribution is -0.143. The average Bonchev–Trinajstić information content (AvgIpc) is 2.25. The van der Waals surface area contributed by atoms with E-state index in [2.05, 4.69) is 0 Å². The van der Waals surface area contributed by atoms with E-state index >= 15 is 0 Å². The summed E-state index contributed by atoms with van der Waals surface area (Å²) in [7, 11) is 1.68. The van der Waals surface area contributed by atoms with Gasteiger partial charge in [0.25, 0.3) is 0 Å². The molecule has 5 heteroatoms. The van der Waals surface area contributed by atoms with Crippen molar-refractivity contribution in [2.75, 3.05) is 7.05 Å². The minimum atomic E-state index is -0.887. The van der Waals surface area contributed by atoms with Crippen LogP contribution in [0.5, 0.6) is 0 Å². The molecule has 0 amide bonds. The van der Waals surface area contributed by atoms with Gasteiger partial charge in [0.1, 0.15) is 11.9 Å². The first-order valence-electron chi connectivity index (χ1n) is 5.33. The number of carboxylic acid groups (broad SMARTS) is 1. The van der Waals surface area contributed by atoms with Gasteiger partial charge in [-0.2, -0.15) is 0 Å². The molecule has 94 valence electrons. The fourth-order valence-corrected chi connectivity index (χ4v) is 1.91. The number of carboxylic acids is 1. The molecule has 1 N–H and O–H groups in total. The molecule has 3 nitrogen and oxygen atoms in total. The Balaban J connectivity index is 2.83. The molecule has 1 aromatic carbocycles. The SMILES string of the molecule is CCC(C(=O)O)N(C)Cc1cccc(F)c1Cl. The topological polar surface area (TPSA) is 40.5 Å². The molecule has 0 aromatic heterocycles. The van der Waals surface area contributed by atoms with Gasteiger partial charge in [0.2, 0.25) is 0 Å². The van der Waals surface area contributed by atoms with Crippen LogP contribution < -0.4 is 0 Å². The maximum absolute atomic E-state index is 13.2. The highest BCUT2D eigenvalue weighted by Crippen LogP contribution is 2.21. The third-order valence-electron chi connectivity index (χ3n) is 2.66. The van der Waals surface area contributed by atoms with Crippen molar-refractivity contribution < 1.29 is 14.3 Å². The number of aliphatic carboxylic acids is 1. The van der Waals surface area contributed by atoms with E-state index in [1.807, 2.05) is 0 Å². The van der Waals surface area contributed by atoms with Gasteiger partial charge < -0.3 is 5.11 Å². The van der Waals surface area contributed by atoms with E-state index < -0.39 is 17.8 Å². The third-order valence-corrected chi connectivity index (χ3v) is 3.08. The van der Waals surface area contributed by atoms with Crippen molar-refractivity contribution in [3.05, 3.63) is 34.6 Å². The molecule has 0 radical (unpaired) electrons. The molecule has 0 saturated carbocycles. The summed E-state index contributed by atoms with van der Waals surface area (Å²) < 4.78 is 13.2. The van der Waals surface area contributed by atoms with Crippen LogP contribution in [0.2, 0.25) is 5.02 Å². The molecule has 0 aliphatic rings. The fourth-order valence-electron chi connectivity index (χ4n) is 1.72. The van der Waals surface area contributed by atoms with E-state index in [0.29, 0.717) is 18.5 Å². The number of likely N-dealkylation sites (N-methyl/N-ethyl adjacent to an activating group) is 1. The number of hydrogen-bond donors (Lipinski definition) is 1. The van der Waals surface area contributed by atoms with Gasteiger partial charge in [0.05, 0.1) is 5.02 Å². The predicted molar refractivity (Wildman–Crippen MR) is 64.6 cm³/mol. The fraction of sp³-hybridized carbons (Fsp3) is 0.417. The molecule has 0 fully saturated rings. The van der Waals surface area contributed by atoms with E-state index in [9.17, 15) is 9.18 Å². The Kier molecular flexibility index (Phi) is 4.90. The number of rotatable bonds is 5. The molecule has 1 atom stereocenters. The number of hydrogen-bond acceptors (Lipinski definition) is 2. The van der Waals surface area contributed by atoms with Crippen LogP contribution in [0.15, 0.2) is 18.2 Å². The van der Waals surface area contributed by atoms with Gasteiger partial charge in [-0.25, -0.2) is 4.39 Å². The highest BCUT2D eigenvalue weighted by atomic mass is 35.5. The summed E-state index contributed by atoms with van der Waals surface area (Å²) in [6.07, 6.45) is 0.485. The molecule has 0 saturated heterocycles. The van der Waals surface area contributed by atoms with E-state index in [4.69, 9.17) is 16.7 Å². The third kappa shape index (κ3) is 3.41. The quantitative estimate of drug-likeness (QED) is 0.884. The number of carbonyl (C=O) groups is 1. The van der Waals surface area contributed by atoms with Crippen LogP contribution in [-0.4, -0.2) is 29.1 Å². The van der Waals surface area contributed by atoms with Crippen molar-refractivity contribution in [2.24, 2.45) is 0 Å². The zero-order valence-corrected chi connectivity index (χ0v) is 10.5. The molecule has 1 rings (SSSR count). The van der Waals surface area contributed by atoms with Crippen LogP contribution in [0.1, 0.15) is 18.9 Å². The summed E-state index contributed by atoms with van der Waals surface area (Å²) in [6.45, 7) is 2.10. The van der Waals surface area contributed by atoms with Crippen molar-refractivity contribution in [3.8, 4) is 0 Å². The Hall–Kier alpha value is -1.13. The lowest BCUT2D eigenvalue weighted by Crippen LogP contribution is -2.37. The minimum Gasteiger partial charge on any atom is -0.480 e. The largest absolute Gasteiger partial charge is 0.480 e. The second-order valence-corrected chi connectivity index (χ2v) is 4.27. The van der Waals surface area contributed by atoms with Gasteiger partial charge >= 0.3 is 5.97 Å². The van der Waals surface area contributed by atoms with Crippen molar-refractivity contribution in [1.82, 2.24) is 4.90 Å². The van der Waals surface area contributed by atoms with Crippen LogP contribution in [0.25, 0.3) is 0 Å². The molecule has 1 aromatic rings. The smallest absolute Gasteiger partial charge is 0.320 e. The Morgan fingerprint density at radius 2 is 2.24 bits per heavy atom. The summed E-state index contributed by atoms with van der Waals surface area (Å²) in [5, 5.41) is 9.05.